The maximum Gasteiger partial charge on any atom is 0.245 e. The molecule has 0 heterocycles. The van der Waals surface area contributed by atoms with Crippen LogP contribution >= 0.6 is 0 Å². The van der Waals surface area contributed by atoms with Crippen LogP contribution in [0.4, 0.5) is 13.2 Å². The first-order valence-electron chi connectivity index (χ1n) is 5.39. The highest BCUT2D eigenvalue weighted by atomic mass is 19.2. The minimum atomic E-state index is -1.78. The molecule has 0 aliphatic carbocycles. The highest BCUT2D eigenvalue weighted by Crippen LogP contribution is 2.16. The van der Waals surface area contributed by atoms with Crippen molar-refractivity contribution in [3.05, 3.63) is 47.8 Å². The summed E-state index contributed by atoms with van der Waals surface area (Å²) in [5, 5.41) is 11.0. The average molecular weight is 282 g/mol. The Hall–Kier alpha value is -2.62. The Morgan fingerprint density at radius 3 is 2.35 bits per heavy atom. The van der Waals surface area contributed by atoms with Crippen LogP contribution in [-0.2, 0) is 4.79 Å². The largest absolute Gasteiger partial charge is 0.351 e. The Kier molecular flexibility index (Phi) is 5.03. The Morgan fingerprint density at radius 1 is 1.35 bits per heavy atom. The van der Waals surface area contributed by atoms with E-state index >= 15 is 0 Å². The summed E-state index contributed by atoms with van der Waals surface area (Å²) in [6.45, 7) is 3.35. The number of halogens is 3. The predicted octanol–water partition coefficient (Wildman–Crippen LogP) is 1.73. The van der Waals surface area contributed by atoms with Gasteiger partial charge in [0, 0.05) is 12.1 Å². The second-order valence-corrected chi connectivity index (χ2v) is 3.71. The van der Waals surface area contributed by atoms with Crippen LogP contribution in [0.5, 0.6) is 0 Å². The number of rotatable bonds is 5. The first-order chi connectivity index (χ1) is 9.42. The summed E-state index contributed by atoms with van der Waals surface area (Å²) in [5.74, 6) is -8.70. The van der Waals surface area contributed by atoms with Crippen molar-refractivity contribution in [3.63, 3.8) is 0 Å². The fraction of sp³-hybridized carbons (Fsp3) is 0.154. The number of hydrogen-bond acceptors (Lipinski definition) is 3. The van der Waals surface area contributed by atoms with Crippen molar-refractivity contribution >= 4 is 11.7 Å². The smallest absolute Gasteiger partial charge is 0.245 e. The topological polar surface area (TPSA) is 70.0 Å². The summed E-state index contributed by atoms with van der Waals surface area (Å²) in [6, 6.07) is 2.30. The van der Waals surface area contributed by atoms with Gasteiger partial charge in [0.15, 0.2) is 29.2 Å². The normalized spacial score (nSPS) is 11.3. The third kappa shape index (κ3) is 3.23. The van der Waals surface area contributed by atoms with Gasteiger partial charge in [-0.2, -0.15) is 5.26 Å². The number of benzene rings is 1. The molecule has 0 aromatic heterocycles. The van der Waals surface area contributed by atoms with Gasteiger partial charge in [-0.05, 0) is 12.1 Å². The number of nitrogens with one attached hydrogen (secondary N) is 1. The van der Waals surface area contributed by atoms with Gasteiger partial charge in [0.2, 0.25) is 5.91 Å². The van der Waals surface area contributed by atoms with Gasteiger partial charge in [-0.1, -0.05) is 6.08 Å². The van der Waals surface area contributed by atoms with Crippen molar-refractivity contribution in [1.82, 2.24) is 5.32 Å². The summed E-state index contributed by atoms with van der Waals surface area (Å²) in [6.07, 6.45) is 1.33. The van der Waals surface area contributed by atoms with E-state index in [9.17, 15) is 22.8 Å². The van der Waals surface area contributed by atoms with E-state index in [1.54, 1.807) is 0 Å². The number of Topliss-reactive ketones (excluding diaryl/α,β-unsaturated/α-hetero) is 1. The molecule has 0 aliphatic heterocycles. The van der Waals surface area contributed by atoms with E-state index in [2.05, 4.69) is 11.9 Å². The number of amides is 1. The van der Waals surface area contributed by atoms with E-state index in [1.165, 1.54) is 12.1 Å². The molecule has 1 N–H and O–H groups in total. The fourth-order valence-corrected chi connectivity index (χ4v) is 1.38. The van der Waals surface area contributed by atoms with Crippen molar-refractivity contribution < 1.29 is 22.8 Å². The lowest BCUT2D eigenvalue weighted by Gasteiger charge is -2.08. The van der Waals surface area contributed by atoms with Gasteiger partial charge in [0.25, 0.3) is 0 Å². The van der Waals surface area contributed by atoms with Crippen LogP contribution in [0.25, 0.3) is 0 Å². The molecule has 1 rings (SSSR count). The number of nitrogens with zero attached hydrogens (tertiary/aromatic N) is 1. The lowest BCUT2D eigenvalue weighted by Crippen LogP contribution is -2.34. The van der Waals surface area contributed by atoms with Gasteiger partial charge in [-0.25, -0.2) is 13.2 Å². The van der Waals surface area contributed by atoms with E-state index in [4.69, 9.17) is 5.26 Å². The third-order valence-corrected chi connectivity index (χ3v) is 2.34. The summed E-state index contributed by atoms with van der Waals surface area (Å²) in [7, 11) is 0. The van der Waals surface area contributed by atoms with Gasteiger partial charge in [-0.15, -0.1) is 6.58 Å². The highest BCUT2D eigenvalue weighted by Gasteiger charge is 2.28. The van der Waals surface area contributed by atoms with Crippen molar-refractivity contribution in [3.8, 4) is 6.07 Å². The van der Waals surface area contributed by atoms with Crippen LogP contribution in [-0.4, -0.2) is 18.2 Å². The van der Waals surface area contributed by atoms with Gasteiger partial charge in [0.05, 0.1) is 6.07 Å². The SMILES string of the molecule is C=CCNC(=O)[C@@H](C#N)C(=O)c1cc(F)c(F)c(F)c1. The van der Waals surface area contributed by atoms with Crippen molar-refractivity contribution in [2.24, 2.45) is 5.92 Å². The minimum Gasteiger partial charge on any atom is -0.351 e. The molecule has 0 saturated carbocycles. The molecule has 0 aliphatic rings. The number of hydrogen-bond donors (Lipinski definition) is 1. The van der Waals surface area contributed by atoms with Crippen molar-refractivity contribution in [2.45, 2.75) is 0 Å². The lowest BCUT2D eigenvalue weighted by molar-refractivity contribution is -0.122. The maximum absolute atomic E-state index is 13.0. The zero-order valence-corrected chi connectivity index (χ0v) is 10.1. The lowest BCUT2D eigenvalue weighted by atomic mass is 9.97. The molecule has 1 aromatic carbocycles. The number of ketones is 1. The fourth-order valence-electron chi connectivity index (χ4n) is 1.38. The van der Waals surface area contributed by atoms with E-state index in [0.717, 1.165) is 0 Å². The number of carbonyl (C=O) groups is 2. The molecule has 0 unspecified atom stereocenters. The first-order valence-corrected chi connectivity index (χ1v) is 5.39. The monoisotopic (exact) mass is 282 g/mol. The zero-order chi connectivity index (χ0) is 15.3. The minimum absolute atomic E-state index is 0.0242. The van der Waals surface area contributed by atoms with Crippen LogP contribution < -0.4 is 5.32 Å². The van der Waals surface area contributed by atoms with Gasteiger partial charge in [-0.3, -0.25) is 9.59 Å². The molecule has 0 fully saturated rings. The average Bonchev–Trinajstić information content (AvgIpc) is 2.42. The first kappa shape index (κ1) is 15.4. The summed E-state index contributed by atoms with van der Waals surface area (Å²) < 4.78 is 38.8. The third-order valence-electron chi connectivity index (χ3n) is 2.34. The summed E-state index contributed by atoms with van der Waals surface area (Å²) >= 11 is 0. The quantitative estimate of drug-likeness (QED) is 0.387. The second-order valence-electron chi connectivity index (χ2n) is 3.71. The highest BCUT2D eigenvalue weighted by molar-refractivity contribution is 6.12. The molecule has 7 heteroatoms. The summed E-state index contributed by atoms with van der Waals surface area (Å²) in [5.41, 5.74) is -0.596. The molecule has 0 radical (unpaired) electrons. The zero-order valence-electron chi connectivity index (χ0n) is 10.1. The molecule has 0 saturated heterocycles. The molecule has 1 aromatic rings. The van der Waals surface area contributed by atoms with Gasteiger partial charge < -0.3 is 5.32 Å². The Labute approximate surface area is 112 Å². The maximum atomic E-state index is 13.0. The van der Waals surface area contributed by atoms with E-state index in [-0.39, 0.29) is 6.54 Å². The second kappa shape index (κ2) is 6.52. The van der Waals surface area contributed by atoms with Crippen LogP contribution in [0.3, 0.4) is 0 Å². The van der Waals surface area contributed by atoms with Crippen molar-refractivity contribution in [2.75, 3.05) is 6.54 Å². The molecular weight excluding hydrogens is 273 g/mol. The van der Waals surface area contributed by atoms with Gasteiger partial charge >= 0.3 is 0 Å². The van der Waals surface area contributed by atoms with Crippen LogP contribution in [0.2, 0.25) is 0 Å². The molecule has 1 atom stereocenters. The van der Waals surface area contributed by atoms with E-state index in [1.807, 2.05) is 0 Å². The Morgan fingerprint density at radius 2 is 1.90 bits per heavy atom. The van der Waals surface area contributed by atoms with Crippen molar-refractivity contribution in [1.29, 1.82) is 5.26 Å². The van der Waals surface area contributed by atoms with Crippen LogP contribution in [0.15, 0.2) is 24.8 Å². The molecule has 0 bridgehead atoms. The molecule has 1 amide bonds. The van der Waals surface area contributed by atoms with E-state index < -0.39 is 40.6 Å². The predicted molar refractivity (Wildman–Crippen MR) is 63.0 cm³/mol. The van der Waals surface area contributed by atoms with Gasteiger partial charge in [0.1, 0.15) is 0 Å². The molecule has 0 spiro atoms. The molecule has 20 heavy (non-hydrogen) atoms. The Bertz CT molecular complexity index is 585. The van der Waals surface area contributed by atoms with Crippen LogP contribution in [0, 0.1) is 34.7 Å². The Balaban J connectivity index is 3.06. The number of carbonyl (C=O) groups excluding carboxylic acids is 2. The standard InChI is InChI=1S/C13H9F3N2O2/c1-2-3-18-13(20)8(6-17)12(19)7-4-9(14)11(16)10(15)5-7/h2,4-5,8H,1,3H2,(H,18,20)/t8-/m0/s1. The molecule has 104 valence electrons. The molecule has 4 nitrogen and oxygen atoms in total. The molecular formula is C13H9F3N2O2. The van der Waals surface area contributed by atoms with Crippen LogP contribution in [0.1, 0.15) is 10.4 Å². The summed E-state index contributed by atoms with van der Waals surface area (Å²) in [4.78, 5) is 23.4. The number of nitriles is 1. The van der Waals surface area contributed by atoms with E-state index in [0.29, 0.717) is 12.1 Å².